The van der Waals surface area contributed by atoms with Crippen molar-refractivity contribution in [2.45, 2.75) is 13.8 Å². The molecule has 1 heterocycles. The third-order valence-electron chi connectivity index (χ3n) is 2.26. The third-order valence-corrected chi connectivity index (χ3v) is 2.26. The quantitative estimate of drug-likeness (QED) is 0.648. The van der Waals surface area contributed by atoms with Crippen LogP contribution in [0.15, 0.2) is 18.2 Å². The van der Waals surface area contributed by atoms with E-state index in [0.717, 1.165) is 22.2 Å². The van der Waals surface area contributed by atoms with Crippen molar-refractivity contribution in [1.82, 2.24) is 4.98 Å². The molecule has 1 N–H and O–H groups in total. The molecule has 2 aromatic rings. The van der Waals surface area contributed by atoms with Crippen molar-refractivity contribution >= 4 is 10.9 Å². The number of nitrogens with one attached hydrogen (secondary N) is 1. The SMILES string of the molecule is Cc1cc2c(C#N)ccc(C)c2[nH]1. The Morgan fingerprint density at radius 1 is 1.31 bits per heavy atom. The van der Waals surface area contributed by atoms with Gasteiger partial charge in [-0.15, -0.1) is 0 Å². The van der Waals surface area contributed by atoms with E-state index in [0.29, 0.717) is 0 Å². The number of rotatable bonds is 0. The Hall–Kier alpha value is -1.75. The highest BCUT2D eigenvalue weighted by molar-refractivity contribution is 5.88. The minimum atomic E-state index is 0.741. The fourth-order valence-corrected chi connectivity index (χ4v) is 1.59. The van der Waals surface area contributed by atoms with Gasteiger partial charge in [-0.3, -0.25) is 0 Å². The lowest BCUT2D eigenvalue weighted by Crippen LogP contribution is -1.80. The number of nitriles is 1. The summed E-state index contributed by atoms with van der Waals surface area (Å²) in [6, 6.07) is 8.04. The van der Waals surface area contributed by atoms with Crippen LogP contribution in [0.3, 0.4) is 0 Å². The van der Waals surface area contributed by atoms with Crippen LogP contribution in [-0.4, -0.2) is 4.98 Å². The smallest absolute Gasteiger partial charge is 0.0998 e. The standard InChI is InChI=1S/C11H10N2/c1-7-3-4-9(6-12)10-5-8(2)13-11(7)10/h3-5,13H,1-2H3. The van der Waals surface area contributed by atoms with Gasteiger partial charge in [0.2, 0.25) is 0 Å². The van der Waals surface area contributed by atoms with Gasteiger partial charge in [0.1, 0.15) is 0 Å². The predicted molar refractivity (Wildman–Crippen MR) is 52.5 cm³/mol. The van der Waals surface area contributed by atoms with Crippen LogP contribution in [0, 0.1) is 25.2 Å². The summed E-state index contributed by atoms with van der Waals surface area (Å²) in [5.41, 5.74) is 4.10. The third kappa shape index (κ3) is 1.09. The van der Waals surface area contributed by atoms with Crippen molar-refractivity contribution in [3.8, 4) is 6.07 Å². The molecule has 0 fully saturated rings. The van der Waals surface area contributed by atoms with Gasteiger partial charge < -0.3 is 4.98 Å². The van der Waals surface area contributed by atoms with E-state index in [2.05, 4.69) is 11.1 Å². The van der Waals surface area contributed by atoms with Gasteiger partial charge in [-0.25, -0.2) is 0 Å². The average molecular weight is 170 g/mol. The molecule has 0 radical (unpaired) electrons. The molecule has 64 valence electrons. The van der Waals surface area contributed by atoms with Crippen LogP contribution in [-0.2, 0) is 0 Å². The molecule has 0 bridgehead atoms. The van der Waals surface area contributed by atoms with Gasteiger partial charge in [0.25, 0.3) is 0 Å². The van der Waals surface area contributed by atoms with Crippen LogP contribution in [0.1, 0.15) is 16.8 Å². The second-order valence-corrected chi connectivity index (χ2v) is 3.28. The van der Waals surface area contributed by atoms with Crippen molar-refractivity contribution in [3.63, 3.8) is 0 Å². The first kappa shape index (κ1) is 7.88. The van der Waals surface area contributed by atoms with Crippen molar-refractivity contribution in [2.75, 3.05) is 0 Å². The van der Waals surface area contributed by atoms with Gasteiger partial charge in [0, 0.05) is 16.6 Å². The van der Waals surface area contributed by atoms with E-state index in [1.165, 1.54) is 5.56 Å². The van der Waals surface area contributed by atoms with E-state index in [4.69, 9.17) is 5.26 Å². The summed E-state index contributed by atoms with van der Waals surface area (Å²) in [7, 11) is 0. The summed E-state index contributed by atoms with van der Waals surface area (Å²) >= 11 is 0. The van der Waals surface area contributed by atoms with Gasteiger partial charge in [-0.05, 0) is 31.5 Å². The van der Waals surface area contributed by atoms with E-state index in [1.54, 1.807) is 0 Å². The normalized spacial score (nSPS) is 10.2. The lowest BCUT2D eigenvalue weighted by molar-refractivity contribution is 1.29. The molecule has 0 amide bonds. The van der Waals surface area contributed by atoms with Gasteiger partial charge in [-0.1, -0.05) is 6.07 Å². The molecular weight excluding hydrogens is 160 g/mol. The Balaban J connectivity index is 2.94. The molecule has 2 nitrogen and oxygen atoms in total. The maximum Gasteiger partial charge on any atom is 0.0998 e. The number of benzene rings is 1. The van der Waals surface area contributed by atoms with Crippen LogP contribution < -0.4 is 0 Å². The summed E-state index contributed by atoms with van der Waals surface area (Å²) < 4.78 is 0. The van der Waals surface area contributed by atoms with E-state index in [1.807, 2.05) is 32.0 Å². The van der Waals surface area contributed by atoms with Crippen LogP contribution in [0.5, 0.6) is 0 Å². The fraction of sp³-hybridized carbons (Fsp3) is 0.182. The summed E-state index contributed by atoms with van der Waals surface area (Å²) in [6.45, 7) is 4.04. The molecule has 0 aliphatic carbocycles. The first-order valence-electron chi connectivity index (χ1n) is 4.21. The summed E-state index contributed by atoms with van der Waals surface area (Å²) in [5.74, 6) is 0. The molecule has 0 unspecified atom stereocenters. The average Bonchev–Trinajstić information content (AvgIpc) is 2.48. The lowest BCUT2D eigenvalue weighted by Gasteiger charge is -1.96. The number of aryl methyl sites for hydroxylation is 2. The van der Waals surface area contributed by atoms with Crippen molar-refractivity contribution < 1.29 is 0 Å². The van der Waals surface area contributed by atoms with Gasteiger partial charge in [0.15, 0.2) is 0 Å². The van der Waals surface area contributed by atoms with E-state index >= 15 is 0 Å². The van der Waals surface area contributed by atoms with Crippen LogP contribution in [0.2, 0.25) is 0 Å². The zero-order valence-corrected chi connectivity index (χ0v) is 7.68. The molecule has 13 heavy (non-hydrogen) atoms. The minimum Gasteiger partial charge on any atom is -0.358 e. The number of H-pyrrole nitrogens is 1. The zero-order valence-electron chi connectivity index (χ0n) is 7.68. The van der Waals surface area contributed by atoms with E-state index in [9.17, 15) is 0 Å². The van der Waals surface area contributed by atoms with Crippen LogP contribution >= 0.6 is 0 Å². The molecular formula is C11H10N2. The predicted octanol–water partition coefficient (Wildman–Crippen LogP) is 2.66. The number of hydrogen-bond acceptors (Lipinski definition) is 1. The van der Waals surface area contributed by atoms with Crippen molar-refractivity contribution in [1.29, 1.82) is 5.26 Å². The van der Waals surface area contributed by atoms with E-state index < -0.39 is 0 Å². The van der Waals surface area contributed by atoms with Gasteiger partial charge in [0.05, 0.1) is 11.6 Å². The largest absolute Gasteiger partial charge is 0.358 e. The number of hydrogen-bond donors (Lipinski definition) is 1. The zero-order chi connectivity index (χ0) is 9.42. The number of aromatic amines is 1. The van der Waals surface area contributed by atoms with Gasteiger partial charge >= 0.3 is 0 Å². The molecule has 2 heteroatoms. The number of aromatic nitrogens is 1. The maximum atomic E-state index is 8.87. The molecule has 1 aromatic heterocycles. The molecule has 2 rings (SSSR count). The molecule has 0 spiro atoms. The Morgan fingerprint density at radius 2 is 2.08 bits per heavy atom. The molecule has 0 aliphatic heterocycles. The van der Waals surface area contributed by atoms with Crippen LogP contribution in [0.4, 0.5) is 0 Å². The molecule has 0 saturated carbocycles. The van der Waals surface area contributed by atoms with E-state index in [-0.39, 0.29) is 0 Å². The number of fused-ring (bicyclic) bond motifs is 1. The second kappa shape index (κ2) is 2.63. The lowest BCUT2D eigenvalue weighted by atomic mass is 10.1. The Labute approximate surface area is 76.8 Å². The molecule has 0 saturated heterocycles. The Morgan fingerprint density at radius 3 is 2.77 bits per heavy atom. The highest BCUT2D eigenvalue weighted by Gasteiger charge is 2.04. The molecule has 1 aromatic carbocycles. The van der Waals surface area contributed by atoms with Crippen molar-refractivity contribution in [3.05, 3.63) is 35.0 Å². The number of nitrogens with zero attached hydrogens (tertiary/aromatic N) is 1. The summed E-state index contributed by atoms with van der Waals surface area (Å²) in [6.07, 6.45) is 0. The Bertz CT molecular complexity index is 501. The highest BCUT2D eigenvalue weighted by atomic mass is 14.7. The summed E-state index contributed by atoms with van der Waals surface area (Å²) in [5, 5.41) is 9.90. The minimum absolute atomic E-state index is 0.741. The fourth-order valence-electron chi connectivity index (χ4n) is 1.59. The highest BCUT2D eigenvalue weighted by Crippen LogP contribution is 2.22. The van der Waals surface area contributed by atoms with Crippen molar-refractivity contribution in [2.24, 2.45) is 0 Å². The second-order valence-electron chi connectivity index (χ2n) is 3.28. The molecule has 0 atom stereocenters. The first-order valence-corrected chi connectivity index (χ1v) is 4.21. The summed E-state index contributed by atoms with van der Waals surface area (Å²) in [4.78, 5) is 3.25. The monoisotopic (exact) mass is 170 g/mol. The van der Waals surface area contributed by atoms with Gasteiger partial charge in [-0.2, -0.15) is 5.26 Å². The van der Waals surface area contributed by atoms with Crippen LogP contribution in [0.25, 0.3) is 10.9 Å². The first-order chi connectivity index (χ1) is 6.22. The molecule has 0 aliphatic rings. The maximum absolute atomic E-state index is 8.87. The Kier molecular flexibility index (Phi) is 1.60. The topological polar surface area (TPSA) is 39.6 Å².